The molecule has 0 radical (unpaired) electrons. The Morgan fingerprint density at radius 2 is 1.97 bits per heavy atom. The highest BCUT2D eigenvalue weighted by Crippen LogP contribution is 2.34. The highest BCUT2D eigenvalue weighted by molar-refractivity contribution is 5.79. The maximum absolute atomic E-state index is 13.2. The molecule has 1 atom stereocenters. The summed E-state index contributed by atoms with van der Waals surface area (Å²) in [5, 5.41) is 8.29. The molecule has 1 unspecified atom stereocenters. The van der Waals surface area contributed by atoms with Crippen molar-refractivity contribution in [3.8, 4) is 11.4 Å². The first-order valence-electron chi connectivity index (χ1n) is 13.9. The molecule has 9 nitrogen and oxygen atoms in total. The van der Waals surface area contributed by atoms with E-state index in [1.807, 2.05) is 69.1 Å². The fourth-order valence-electron chi connectivity index (χ4n) is 5.03. The predicted octanol–water partition coefficient (Wildman–Crippen LogP) is 5.46. The van der Waals surface area contributed by atoms with Crippen molar-refractivity contribution in [1.82, 2.24) is 24.1 Å². The van der Waals surface area contributed by atoms with Crippen LogP contribution in [0.4, 0.5) is 5.82 Å². The first-order valence-corrected chi connectivity index (χ1v) is 13.9. The monoisotopic (exact) mass is 532 g/mol. The Balaban J connectivity index is 0.00000172. The Bertz CT molecular complexity index is 1400. The molecule has 0 saturated carbocycles. The van der Waals surface area contributed by atoms with E-state index in [0.29, 0.717) is 32.1 Å². The Labute approximate surface area is 230 Å². The van der Waals surface area contributed by atoms with Crippen molar-refractivity contribution in [2.75, 3.05) is 25.1 Å². The van der Waals surface area contributed by atoms with Gasteiger partial charge in [-0.3, -0.25) is 4.79 Å². The van der Waals surface area contributed by atoms with Crippen molar-refractivity contribution in [3.63, 3.8) is 0 Å². The molecule has 1 aromatic carbocycles. The molecule has 1 saturated heterocycles. The fraction of sp³-hybridized carbons (Fsp3) is 0.467. The van der Waals surface area contributed by atoms with E-state index in [4.69, 9.17) is 19.6 Å². The fourth-order valence-corrected chi connectivity index (χ4v) is 5.03. The average molecular weight is 533 g/mol. The maximum atomic E-state index is 13.2. The number of carbonyl (C=O) groups excluding carboxylic acids is 1. The highest BCUT2D eigenvalue weighted by Gasteiger charge is 2.34. The van der Waals surface area contributed by atoms with E-state index in [1.54, 1.807) is 6.20 Å². The summed E-state index contributed by atoms with van der Waals surface area (Å²) in [6.07, 6.45) is 5.35. The van der Waals surface area contributed by atoms with Gasteiger partial charge in [0.05, 0.1) is 18.0 Å². The molecule has 208 valence electrons. The number of aromatic nitrogens is 5. The van der Waals surface area contributed by atoms with Crippen LogP contribution in [0.3, 0.4) is 0 Å². The second-order valence-electron chi connectivity index (χ2n) is 9.61. The van der Waals surface area contributed by atoms with E-state index in [0.717, 1.165) is 52.5 Å². The summed E-state index contributed by atoms with van der Waals surface area (Å²) >= 11 is 0. The number of nitrogens with zero attached hydrogens (tertiary/aromatic N) is 5. The van der Waals surface area contributed by atoms with E-state index in [2.05, 4.69) is 28.5 Å². The summed E-state index contributed by atoms with van der Waals surface area (Å²) in [6, 6.07) is 10.3. The van der Waals surface area contributed by atoms with Crippen molar-refractivity contribution in [1.29, 1.82) is 0 Å². The SMILES string of the molecule is CC.CCOC(=O)C(c1cc(NCc2cccc(-c3nccn3C)c2)n2nc(C)c(C)c2n1)C1CCOCC1. The van der Waals surface area contributed by atoms with Gasteiger partial charge in [-0.2, -0.15) is 9.61 Å². The van der Waals surface area contributed by atoms with Crippen LogP contribution >= 0.6 is 0 Å². The Kier molecular flexibility index (Phi) is 9.35. The van der Waals surface area contributed by atoms with Gasteiger partial charge in [-0.05, 0) is 51.2 Å². The van der Waals surface area contributed by atoms with Gasteiger partial charge in [0.2, 0.25) is 0 Å². The van der Waals surface area contributed by atoms with Gasteiger partial charge in [0, 0.05) is 56.4 Å². The molecule has 1 fully saturated rings. The van der Waals surface area contributed by atoms with E-state index in [-0.39, 0.29) is 11.9 Å². The molecule has 4 aromatic rings. The van der Waals surface area contributed by atoms with Gasteiger partial charge in [0.25, 0.3) is 0 Å². The quantitative estimate of drug-likeness (QED) is 0.301. The lowest BCUT2D eigenvalue weighted by atomic mass is 9.83. The number of rotatable bonds is 8. The lowest BCUT2D eigenvalue weighted by Crippen LogP contribution is -2.30. The van der Waals surface area contributed by atoms with Gasteiger partial charge in [-0.15, -0.1) is 0 Å². The van der Waals surface area contributed by atoms with Gasteiger partial charge in [0.1, 0.15) is 17.6 Å². The smallest absolute Gasteiger partial charge is 0.315 e. The molecule has 3 aromatic heterocycles. The Morgan fingerprint density at radius 3 is 2.67 bits per heavy atom. The molecule has 1 aliphatic rings. The zero-order valence-corrected chi connectivity index (χ0v) is 23.9. The largest absolute Gasteiger partial charge is 0.465 e. The van der Waals surface area contributed by atoms with Crippen LogP contribution < -0.4 is 5.32 Å². The molecule has 0 bridgehead atoms. The normalized spacial score (nSPS) is 14.5. The van der Waals surface area contributed by atoms with Gasteiger partial charge >= 0.3 is 5.97 Å². The topological polar surface area (TPSA) is 95.6 Å². The van der Waals surface area contributed by atoms with Crippen LogP contribution in [0.5, 0.6) is 0 Å². The average Bonchev–Trinajstić information content (AvgIpc) is 3.52. The summed E-state index contributed by atoms with van der Waals surface area (Å²) in [7, 11) is 1.99. The van der Waals surface area contributed by atoms with Gasteiger partial charge < -0.3 is 19.4 Å². The molecule has 1 aliphatic heterocycles. The lowest BCUT2D eigenvalue weighted by molar-refractivity contribution is -0.147. The minimum atomic E-state index is -0.448. The van der Waals surface area contributed by atoms with Crippen LogP contribution in [0.15, 0.2) is 42.7 Å². The standard InChI is InChI=1S/C28H34N6O3.C2H6/c1-5-37-28(35)25(21-9-13-36-14-10-21)23-16-24(34-26(31-23)18(2)19(3)32-34)30-17-20-7-6-8-22(15-20)27-29-11-12-33(27)4;1-2/h6-8,11-12,15-16,21,25,30H,5,9-10,13-14,17H2,1-4H3;1-2H3. The summed E-state index contributed by atoms with van der Waals surface area (Å²) in [4.78, 5) is 22.6. The van der Waals surface area contributed by atoms with Gasteiger partial charge in [-0.25, -0.2) is 9.97 Å². The zero-order chi connectivity index (χ0) is 27.9. The predicted molar refractivity (Wildman–Crippen MR) is 153 cm³/mol. The molecule has 9 heteroatoms. The summed E-state index contributed by atoms with van der Waals surface area (Å²) in [5.74, 6) is 1.15. The number of anilines is 1. The Hall–Kier alpha value is -3.72. The molecule has 5 rings (SSSR count). The number of nitrogens with one attached hydrogen (secondary N) is 1. The molecule has 0 spiro atoms. The van der Waals surface area contributed by atoms with Crippen molar-refractivity contribution in [2.45, 2.75) is 59.9 Å². The second-order valence-corrected chi connectivity index (χ2v) is 9.61. The molecular weight excluding hydrogens is 492 g/mol. The highest BCUT2D eigenvalue weighted by atomic mass is 16.5. The zero-order valence-electron chi connectivity index (χ0n) is 23.9. The van der Waals surface area contributed by atoms with Crippen LogP contribution in [0.1, 0.15) is 62.0 Å². The minimum absolute atomic E-state index is 0.120. The number of benzene rings is 1. The van der Waals surface area contributed by atoms with Gasteiger partial charge in [0.15, 0.2) is 5.65 Å². The maximum Gasteiger partial charge on any atom is 0.315 e. The van der Waals surface area contributed by atoms with Crippen molar-refractivity contribution < 1.29 is 14.3 Å². The van der Waals surface area contributed by atoms with E-state index >= 15 is 0 Å². The van der Waals surface area contributed by atoms with Gasteiger partial charge in [-0.1, -0.05) is 32.0 Å². The summed E-state index contributed by atoms with van der Waals surface area (Å²) < 4.78 is 14.9. The molecule has 39 heavy (non-hydrogen) atoms. The molecule has 1 N–H and O–H groups in total. The third-order valence-electron chi connectivity index (χ3n) is 7.15. The van der Waals surface area contributed by atoms with E-state index in [1.165, 1.54) is 0 Å². The van der Waals surface area contributed by atoms with E-state index < -0.39 is 5.92 Å². The number of carbonyl (C=O) groups is 1. The molecular formula is C30H40N6O3. The first-order chi connectivity index (χ1) is 19.0. The number of hydrogen-bond acceptors (Lipinski definition) is 7. The Morgan fingerprint density at radius 1 is 1.21 bits per heavy atom. The van der Waals surface area contributed by atoms with Crippen LogP contribution in [0.25, 0.3) is 17.0 Å². The number of ether oxygens (including phenoxy) is 2. The molecule has 0 amide bonds. The molecule has 4 heterocycles. The van der Waals surface area contributed by atoms with Crippen molar-refractivity contribution in [3.05, 3.63) is 65.2 Å². The van der Waals surface area contributed by atoms with Crippen LogP contribution in [-0.4, -0.2) is 49.9 Å². The summed E-state index contributed by atoms with van der Waals surface area (Å²) in [6.45, 7) is 12.0. The number of aryl methyl sites for hydroxylation is 3. The first kappa shape index (κ1) is 28.3. The minimum Gasteiger partial charge on any atom is -0.465 e. The second kappa shape index (κ2) is 12.9. The lowest BCUT2D eigenvalue weighted by Gasteiger charge is -2.28. The van der Waals surface area contributed by atoms with Crippen LogP contribution in [0, 0.1) is 19.8 Å². The van der Waals surface area contributed by atoms with Crippen LogP contribution in [0.2, 0.25) is 0 Å². The van der Waals surface area contributed by atoms with Crippen molar-refractivity contribution >= 4 is 17.4 Å². The number of imidazole rings is 1. The molecule has 0 aliphatic carbocycles. The summed E-state index contributed by atoms with van der Waals surface area (Å²) in [5.41, 5.74) is 5.53. The van der Waals surface area contributed by atoms with Crippen LogP contribution in [-0.2, 0) is 27.9 Å². The number of hydrogen-bond donors (Lipinski definition) is 1. The third-order valence-corrected chi connectivity index (χ3v) is 7.15. The number of fused-ring (bicyclic) bond motifs is 1. The van der Waals surface area contributed by atoms with E-state index in [9.17, 15) is 4.79 Å². The number of esters is 1. The van der Waals surface area contributed by atoms with Crippen molar-refractivity contribution in [2.24, 2.45) is 13.0 Å². The third kappa shape index (κ3) is 6.14.